The number of nitrogens with two attached hydrogens (primary N) is 3. The van der Waals surface area contributed by atoms with Gasteiger partial charge in [-0.1, -0.05) is 5.21 Å². The molecule has 0 saturated carbocycles. The van der Waals surface area contributed by atoms with Crippen molar-refractivity contribution in [2.45, 2.75) is 119 Å². The van der Waals surface area contributed by atoms with Gasteiger partial charge in [0.2, 0.25) is 35.3 Å². The molecule has 2 heterocycles. The van der Waals surface area contributed by atoms with E-state index in [0.29, 0.717) is 12.8 Å². The summed E-state index contributed by atoms with van der Waals surface area (Å²) in [6.45, 7) is 0.782. The maximum absolute atomic E-state index is 13.7. The Morgan fingerprint density at radius 3 is 2.05 bits per heavy atom. The molecule has 25 heteroatoms. The Kier molecular flexibility index (Phi) is 18.9. The molecule has 16 N–H and O–H groups in total. The van der Waals surface area contributed by atoms with Gasteiger partial charge in [-0.2, -0.15) is 0 Å². The molecule has 0 aliphatic carbocycles. The molecule has 0 spiro atoms. The van der Waals surface area contributed by atoms with Gasteiger partial charge in [0.05, 0.1) is 24.3 Å². The molecule has 0 unspecified atom stereocenters. The van der Waals surface area contributed by atoms with Crippen LogP contribution in [0, 0.1) is 0 Å². The molecule has 57 heavy (non-hydrogen) atoms. The number of rotatable bonds is 25. The summed E-state index contributed by atoms with van der Waals surface area (Å²) in [5.41, 5.74) is 16.8. The smallest absolute Gasteiger partial charge is 0.370 e. The van der Waals surface area contributed by atoms with Gasteiger partial charge in [-0.05, 0) is 44.7 Å². The third-order valence-electron chi connectivity index (χ3n) is 8.52. The van der Waals surface area contributed by atoms with Crippen LogP contribution in [0.4, 0.5) is 0 Å². The summed E-state index contributed by atoms with van der Waals surface area (Å²) >= 11 is 0. The van der Waals surface area contributed by atoms with E-state index in [-0.39, 0.29) is 31.5 Å². The van der Waals surface area contributed by atoms with E-state index in [2.05, 4.69) is 31.6 Å². The maximum Gasteiger partial charge on any atom is 0.370 e. The standard InChI is InChI=1S/C32H50N10O15/c1-14(43)36-25-20(44)11-22(32(55)56)57-27(25)26(50)21(45)13-42-12-15(40-41-42)10-19(39-29(52)16(34)5-7-23(46)47)31(54)38-18(4-2-3-9-33)30(53)37-17(28(35)51)6-8-24(48)49/h11-12,16-21,25-27,44-45,50H,2-10,13,33-34H2,1H3,(H2,35,51)(H,36,43)(H,37,53)(H,38,54)(H,39,52)(H,46,47)(H,48,49)(H,55,56)/t16-,17-,18-,19-,20-,21+,25+,26+,27+/m0/s1. The van der Waals surface area contributed by atoms with Crippen molar-refractivity contribution in [2.75, 3.05) is 6.54 Å². The van der Waals surface area contributed by atoms with E-state index >= 15 is 0 Å². The number of unbranched alkanes of at least 4 members (excludes halogenated alkanes) is 1. The predicted octanol–water partition coefficient (Wildman–Crippen LogP) is -6.10. The molecule has 0 aromatic carbocycles. The second-order valence-electron chi connectivity index (χ2n) is 13.2. The molecule has 0 bridgehead atoms. The Morgan fingerprint density at radius 1 is 0.877 bits per heavy atom. The molecule has 2 rings (SSSR count). The van der Waals surface area contributed by atoms with Gasteiger partial charge < -0.3 is 73.8 Å². The van der Waals surface area contributed by atoms with E-state index in [1.54, 1.807) is 0 Å². The van der Waals surface area contributed by atoms with E-state index in [1.165, 1.54) is 6.20 Å². The lowest BCUT2D eigenvalue weighted by Crippen LogP contribution is -2.59. The number of nitrogens with one attached hydrogen (secondary N) is 4. The van der Waals surface area contributed by atoms with E-state index in [9.17, 15) is 58.8 Å². The first-order chi connectivity index (χ1) is 26.7. The van der Waals surface area contributed by atoms with Crippen LogP contribution in [0.1, 0.15) is 57.6 Å². The van der Waals surface area contributed by atoms with E-state index < -0.39 is 134 Å². The van der Waals surface area contributed by atoms with Crippen molar-refractivity contribution in [3.63, 3.8) is 0 Å². The Labute approximate surface area is 324 Å². The second kappa shape index (κ2) is 22.7. The molecule has 9 atom stereocenters. The fourth-order valence-corrected chi connectivity index (χ4v) is 5.53. The summed E-state index contributed by atoms with van der Waals surface area (Å²) in [6.07, 6.45) is -6.41. The van der Waals surface area contributed by atoms with Crippen molar-refractivity contribution in [1.29, 1.82) is 0 Å². The van der Waals surface area contributed by atoms with Gasteiger partial charge in [0.1, 0.15) is 36.4 Å². The minimum atomic E-state index is -1.93. The Morgan fingerprint density at radius 2 is 1.47 bits per heavy atom. The van der Waals surface area contributed by atoms with Gasteiger partial charge in [0.25, 0.3) is 0 Å². The van der Waals surface area contributed by atoms with Crippen LogP contribution in [-0.2, 0) is 56.1 Å². The lowest BCUT2D eigenvalue weighted by atomic mass is 9.93. The molecule has 1 aromatic rings. The third kappa shape index (κ3) is 15.7. The number of amides is 5. The van der Waals surface area contributed by atoms with Gasteiger partial charge in [0, 0.05) is 32.4 Å². The SMILES string of the molecule is CC(=O)N[C@H]1[C@H]([C@H](O)[C@H](O)Cn2cc(C[C@H](NC(=O)[C@@H](N)CCC(=O)O)C(=O)N[C@@H](CCCCN)C(=O)N[C@@H](CCC(=O)O)C(N)=O)nn2)OC(C(=O)O)=C[C@@H]1O. The number of aliphatic hydroxyl groups is 3. The number of aliphatic carboxylic acids is 3. The number of carboxylic acid groups (broad SMARTS) is 3. The number of hydrogen-bond acceptors (Lipinski definition) is 16. The maximum atomic E-state index is 13.7. The molecule has 1 aliphatic rings. The first kappa shape index (κ1) is 47.4. The number of ether oxygens (including phenoxy) is 1. The summed E-state index contributed by atoms with van der Waals surface area (Å²) in [7, 11) is 0. The molecule has 0 fully saturated rings. The number of carbonyl (C=O) groups excluding carboxylic acids is 5. The zero-order valence-electron chi connectivity index (χ0n) is 30.9. The average molecular weight is 815 g/mol. The van der Waals surface area contributed by atoms with Crippen molar-refractivity contribution in [3.8, 4) is 0 Å². The van der Waals surface area contributed by atoms with E-state index in [4.69, 9.17) is 32.2 Å². The van der Waals surface area contributed by atoms with E-state index in [1.807, 2.05) is 0 Å². The highest BCUT2D eigenvalue weighted by Crippen LogP contribution is 2.23. The third-order valence-corrected chi connectivity index (χ3v) is 8.52. The first-order valence-electron chi connectivity index (χ1n) is 17.7. The van der Waals surface area contributed by atoms with Gasteiger partial charge in [0.15, 0.2) is 6.10 Å². The highest BCUT2D eigenvalue weighted by atomic mass is 16.5. The van der Waals surface area contributed by atoms with Crippen molar-refractivity contribution >= 4 is 47.4 Å². The molecular formula is C32H50N10O15. The van der Waals surface area contributed by atoms with Gasteiger partial charge >= 0.3 is 17.9 Å². The minimum Gasteiger partial charge on any atom is -0.481 e. The summed E-state index contributed by atoms with van der Waals surface area (Å²) in [6, 6.07) is -7.10. The number of aromatic nitrogens is 3. The molecular weight excluding hydrogens is 764 g/mol. The minimum absolute atomic E-state index is 0.0144. The number of primary amides is 1. The molecule has 1 aromatic heterocycles. The van der Waals surface area contributed by atoms with Crippen LogP contribution in [0.15, 0.2) is 18.0 Å². The summed E-state index contributed by atoms with van der Waals surface area (Å²) in [4.78, 5) is 97.3. The molecule has 1 aliphatic heterocycles. The summed E-state index contributed by atoms with van der Waals surface area (Å²) in [5, 5.41) is 76.9. The van der Waals surface area contributed by atoms with Crippen molar-refractivity contribution in [2.24, 2.45) is 17.2 Å². The van der Waals surface area contributed by atoms with Crippen LogP contribution in [0.5, 0.6) is 0 Å². The predicted molar refractivity (Wildman–Crippen MR) is 190 cm³/mol. The fraction of sp³-hybridized carbons (Fsp3) is 0.625. The normalized spacial score (nSPS) is 19.5. The number of aliphatic hydroxyl groups excluding tert-OH is 3. The summed E-state index contributed by atoms with van der Waals surface area (Å²) < 4.78 is 6.28. The highest BCUT2D eigenvalue weighted by molar-refractivity contribution is 5.95. The molecule has 25 nitrogen and oxygen atoms in total. The number of carbonyl (C=O) groups is 8. The topological polar surface area (TPSA) is 424 Å². The monoisotopic (exact) mass is 814 g/mol. The highest BCUT2D eigenvalue weighted by Gasteiger charge is 2.43. The zero-order valence-corrected chi connectivity index (χ0v) is 30.9. The molecule has 0 saturated heterocycles. The molecule has 0 radical (unpaired) electrons. The Hall–Kier alpha value is -5.76. The molecule has 5 amide bonds. The van der Waals surface area contributed by atoms with Crippen LogP contribution >= 0.6 is 0 Å². The van der Waals surface area contributed by atoms with Gasteiger partial charge in [-0.3, -0.25) is 33.6 Å². The largest absolute Gasteiger partial charge is 0.481 e. The Balaban J connectivity index is 2.34. The average Bonchev–Trinajstić information content (AvgIpc) is 3.57. The van der Waals surface area contributed by atoms with Gasteiger partial charge in [-0.15, -0.1) is 5.10 Å². The van der Waals surface area contributed by atoms with Crippen LogP contribution in [0.2, 0.25) is 0 Å². The fourth-order valence-electron chi connectivity index (χ4n) is 5.53. The number of carboxylic acids is 3. The lowest BCUT2D eigenvalue weighted by molar-refractivity contribution is -0.148. The van der Waals surface area contributed by atoms with Gasteiger partial charge in [-0.25, -0.2) is 9.48 Å². The zero-order chi connectivity index (χ0) is 43.0. The van der Waals surface area contributed by atoms with E-state index in [0.717, 1.165) is 17.7 Å². The summed E-state index contributed by atoms with van der Waals surface area (Å²) in [5.74, 6) is -9.37. The Bertz CT molecular complexity index is 1640. The van der Waals surface area contributed by atoms with Crippen LogP contribution in [0.3, 0.4) is 0 Å². The number of nitrogens with zero attached hydrogens (tertiary/aromatic N) is 3. The molecule has 318 valence electrons. The number of hydrogen-bond donors (Lipinski definition) is 13. The lowest BCUT2D eigenvalue weighted by Gasteiger charge is -2.38. The van der Waals surface area contributed by atoms with Crippen LogP contribution < -0.4 is 38.5 Å². The van der Waals surface area contributed by atoms with Crippen molar-refractivity contribution < 1.29 is 73.7 Å². The van der Waals surface area contributed by atoms with Crippen molar-refractivity contribution in [1.82, 2.24) is 36.3 Å². The van der Waals surface area contributed by atoms with Crippen LogP contribution in [0.25, 0.3) is 0 Å². The second-order valence-corrected chi connectivity index (χ2v) is 13.2. The first-order valence-corrected chi connectivity index (χ1v) is 17.7. The van der Waals surface area contributed by atoms with Crippen LogP contribution in [-0.4, -0.2) is 154 Å². The quantitative estimate of drug-likeness (QED) is 0.0408. The van der Waals surface area contributed by atoms with Crippen molar-refractivity contribution in [3.05, 3.63) is 23.7 Å².